The van der Waals surface area contributed by atoms with Crippen LogP contribution in [0.5, 0.6) is 0 Å². The predicted octanol–water partition coefficient (Wildman–Crippen LogP) is 2.91. The Morgan fingerprint density at radius 2 is 2.00 bits per heavy atom. The lowest BCUT2D eigenvalue weighted by atomic mass is 9.95. The summed E-state index contributed by atoms with van der Waals surface area (Å²) in [5.74, 6) is 2.16. The van der Waals surface area contributed by atoms with Crippen molar-refractivity contribution in [1.29, 1.82) is 0 Å². The third-order valence-electron chi connectivity index (χ3n) is 2.72. The van der Waals surface area contributed by atoms with E-state index in [2.05, 4.69) is 38.0 Å². The molecule has 0 aromatic rings. The fourth-order valence-corrected chi connectivity index (χ4v) is 3.41. The summed E-state index contributed by atoms with van der Waals surface area (Å²) in [5.41, 5.74) is 0. The molecule has 1 nitrogen and oxygen atoms in total. The summed E-state index contributed by atoms with van der Waals surface area (Å²) in [6, 6.07) is 0.775. The van der Waals surface area contributed by atoms with E-state index in [9.17, 15) is 0 Å². The van der Waals surface area contributed by atoms with E-state index in [1.165, 1.54) is 31.4 Å². The van der Waals surface area contributed by atoms with Gasteiger partial charge in [0, 0.05) is 11.3 Å². The maximum absolute atomic E-state index is 3.46. The van der Waals surface area contributed by atoms with Crippen LogP contribution in [0.2, 0.25) is 0 Å². The number of nitrogens with one attached hydrogen (secondary N) is 1. The number of rotatable bonds is 4. The summed E-state index contributed by atoms with van der Waals surface area (Å²) in [6.07, 6.45) is 5.66. The van der Waals surface area contributed by atoms with Crippen LogP contribution in [-0.2, 0) is 0 Å². The fraction of sp³-hybridized carbons (Fsp3) is 1.00. The van der Waals surface area contributed by atoms with Gasteiger partial charge in [0.05, 0.1) is 0 Å². The largest absolute Gasteiger partial charge is 0.316 e. The molecule has 0 bridgehead atoms. The highest BCUT2D eigenvalue weighted by Crippen LogP contribution is 2.29. The van der Waals surface area contributed by atoms with Crippen LogP contribution in [0.3, 0.4) is 0 Å². The van der Waals surface area contributed by atoms with Crippen LogP contribution in [0, 0.1) is 5.92 Å². The summed E-state index contributed by atoms with van der Waals surface area (Å²) in [7, 11) is 2.11. The third-order valence-corrected chi connectivity index (χ3v) is 4.57. The minimum atomic E-state index is 0.775. The Labute approximate surface area is 87.1 Å². The molecule has 2 unspecified atom stereocenters. The van der Waals surface area contributed by atoms with Crippen molar-refractivity contribution in [2.24, 2.45) is 5.92 Å². The minimum absolute atomic E-state index is 0.775. The Morgan fingerprint density at radius 3 is 2.62 bits per heavy atom. The highest BCUT2D eigenvalue weighted by molar-refractivity contribution is 7.99. The molecule has 0 aliphatic heterocycles. The zero-order valence-electron chi connectivity index (χ0n) is 9.18. The SMILES string of the molecule is CNC1CCCCC1SCC(C)C. The molecule has 0 spiro atoms. The Bertz CT molecular complexity index is 136. The van der Waals surface area contributed by atoms with E-state index in [1.807, 2.05) is 0 Å². The summed E-state index contributed by atoms with van der Waals surface area (Å²) < 4.78 is 0. The van der Waals surface area contributed by atoms with E-state index in [-0.39, 0.29) is 0 Å². The minimum Gasteiger partial charge on any atom is -0.316 e. The Balaban J connectivity index is 2.27. The van der Waals surface area contributed by atoms with Crippen LogP contribution in [0.25, 0.3) is 0 Å². The van der Waals surface area contributed by atoms with E-state index in [4.69, 9.17) is 0 Å². The molecule has 1 aliphatic carbocycles. The van der Waals surface area contributed by atoms with Crippen molar-refractivity contribution in [2.75, 3.05) is 12.8 Å². The number of hydrogen-bond donors (Lipinski definition) is 1. The van der Waals surface area contributed by atoms with Crippen molar-refractivity contribution in [3.63, 3.8) is 0 Å². The topological polar surface area (TPSA) is 12.0 Å². The smallest absolute Gasteiger partial charge is 0.0201 e. The first-order chi connectivity index (χ1) is 6.24. The molecule has 0 aromatic heterocycles. The molecule has 1 rings (SSSR count). The van der Waals surface area contributed by atoms with Crippen molar-refractivity contribution < 1.29 is 0 Å². The summed E-state index contributed by atoms with van der Waals surface area (Å²) in [4.78, 5) is 0. The molecule has 0 radical (unpaired) electrons. The van der Waals surface area contributed by atoms with Crippen molar-refractivity contribution in [3.05, 3.63) is 0 Å². The Hall–Kier alpha value is 0.310. The van der Waals surface area contributed by atoms with E-state index in [0.29, 0.717) is 0 Å². The first-order valence-corrected chi connectivity index (χ1v) is 6.57. The van der Waals surface area contributed by atoms with Gasteiger partial charge >= 0.3 is 0 Å². The average Bonchev–Trinajstić information content (AvgIpc) is 2.15. The lowest BCUT2D eigenvalue weighted by molar-refractivity contribution is 0.405. The average molecular weight is 201 g/mol. The highest BCUT2D eigenvalue weighted by atomic mass is 32.2. The van der Waals surface area contributed by atoms with E-state index in [0.717, 1.165) is 17.2 Å². The van der Waals surface area contributed by atoms with E-state index < -0.39 is 0 Å². The Morgan fingerprint density at radius 1 is 1.31 bits per heavy atom. The molecule has 2 atom stereocenters. The zero-order valence-corrected chi connectivity index (χ0v) is 9.99. The molecule has 13 heavy (non-hydrogen) atoms. The second-order valence-electron chi connectivity index (χ2n) is 4.45. The molecule has 0 amide bonds. The summed E-state index contributed by atoms with van der Waals surface area (Å²) >= 11 is 2.18. The van der Waals surface area contributed by atoms with Crippen molar-refractivity contribution >= 4 is 11.8 Å². The van der Waals surface area contributed by atoms with Crippen LogP contribution < -0.4 is 5.32 Å². The second kappa shape index (κ2) is 5.92. The van der Waals surface area contributed by atoms with E-state index >= 15 is 0 Å². The molecule has 1 fully saturated rings. The first kappa shape index (κ1) is 11.4. The molecule has 2 heteroatoms. The van der Waals surface area contributed by atoms with Gasteiger partial charge in [-0.05, 0) is 31.6 Å². The van der Waals surface area contributed by atoms with Gasteiger partial charge in [0.2, 0.25) is 0 Å². The Kier molecular flexibility index (Phi) is 5.18. The van der Waals surface area contributed by atoms with Crippen LogP contribution >= 0.6 is 11.8 Å². The quantitative estimate of drug-likeness (QED) is 0.750. The van der Waals surface area contributed by atoms with Gasteiger partial charge < -0.3 is 5.32 Å². The predicted molar refractivity (Wildman–Crippen MR) is 62.4 cm³/mol. The molecule has 0 aromatic carbocycles. The molecule has 1 N–H and O–H groups in total. The number of hydrogen-bond acceptors (Lipinski definition) is 2. The molecule has 78 valence electrons. The van der Waals surface area contributed by atoms with Gasteiger partial charge in [-0.1, -0.05) is 26.7 Å². The first-order valence-electron chi connectivity index (χ1n) is 5.53. The molecule has 1 saturated carbocycles. The number of thioether (sulfide) groups is 1. The molecular formula is C11H23NS. The highest BCUT2D eigenvalue weighted by Gasteiger charge is 2.23. The molecule has 0 heterocycles. The standard InChI is InChI=1S/C11H23NS/c1-9(2)8-13-11-7-5-4-6-10(11)12-3/h9-12H,4-8H2,1-3H3. The van der Waals surface area contributed by atoms with Gasteiger partial charge in [0.1, 0.15) is 0 Å². The van der Waals surface area contributed by atoms with Crippen molar-refractivity contribution in [1.82, 2.24) is 5.32 Å². The van der Waals surface area contributed by atoms with Crippen molar-refractivity contribution in [2.45, 2.75) is 50.8 Å². The van der Waals surface area contributed by atoms with Crippen LogP contribution in [0.1, 0.15) is 39.5 Å². The molecule has 0 saturated heterocycles. The van der Waals surface area contributed by atoms with Crippen molar-refractivity contribution in [3.8, 4) is 0 Å². The second-order valence-corrected chi connectivity index (χ2v) is 5.72. The van der Waals surface area contributed by atoms with Crippen LogP contribution in [0.15, 0.2) is 0 Å². The fourth-order valence-electron chi connectivity index (χ4n) is 1.94. The van der Waals surface area contributed by atoms with Gasteiger partial charge in [0.15, 0.2) is 0 Å². The van der Waals surface area contributed by atoms with Gasteiger partial charge in [-0.15, -0.1) is 0 Å². The maximum Gasteiger partial charge on any atom is 0.0201 e. The third kappa shape index (κ3) is 3.90. The van der Waals surface area contributed by atoms with Gasteiger partial charge in [-0.3, -0.25) is 0 Å². The lowest BCUT2D eigenvalue weighted by Gasteiger charge is -2.31. The van der Waals surface area contributed by atoms with Gasteiger partial charge in [0.25, 0.3) is 0 Å². The molecule has 1 aliphatic rings. The summed E-state index contributed by atoms with van der Waals surface area (Å²) in [6.45, 7) is 4.62. The monoisotopic (exact) mass is 201 g/mol. The van der Waals surface area contributed by atoms with Gasteiger partial charge in [-0.25, -0.2) is 0 Å². The van der Waals surface area contributed by atoms with Crippen LogP contribution in [-0.4, -0.2) is 24.1 Å². The van der Waals surface area contributed by atoms with E-state index in [1.54, 1.807) is 0 Å². The van der Waals surface area contributed by atoms with Crippen LogP contribution in [0.4, 0.5) is 0 Å². The van der Waals surface area contributed by atoms with Gasteiger partial charge in [-0.2, -0.15) is 11.8 Å². The molecular weight excluding hydrogens is 178 g/mol. The normalized spacial score (nSPS) is 29.5. The maximum atomic E-state index is 3.46. The summed E-state index contributed by atoms with van der Waals surface area (Å²) in [5, 5.41) is 4.33. The lowest BCUT2D eigenvalue weighted by Crippen LogP contribution is -2.38. The zero-order chi connectivity index (χ0) is 9.68.